The monoisotopic (exact) mass is 281 g/mol. The lowest BCUT2D eigenvalue weighted by molar-refractivity contribution is -0.393. The molecule has 0 aliphatic rings. The Kier molecular flexibility index (Phi) is 5.15. The van der Waals surface area contributed by atoms with Gasteiger partial charge < -0.3 is 0 Å². The molecule has 0 saturated carbocycles. The standard InChI is InChI=1S/C12H15N3O5/c1-4-6-13(20-3)12-10(14(16)17)7-9(5-2)8-11(12)15(18)19/h4,7-8H,1,5-6H2,2-3H3. The molecule has 108 valence electrons. The summed E-state index contributed by atoms with van der Waals surface area (Å²) in [5.74, 6) is 0. The number of hydrogen-bond acceptors (Lipinski definition) is 6. The van der Waals surface area contributed by atoms with Gasteiger partial charge >= 0.3 is 11.4 Å². The molecule has 0 aromatic heterocycles. The molecule has 0 heterocycles. The second-order valence-electron chi connectivity index (χ2n) is 3.88. The number of anilines is 1. The fraction of sp³-hybridized carbons (Fsp3) is 0.333. The van der Waals surface area contributed by atoms with Crippen LogP contribution in [0, 0.1) is 20.2 Å². The van der Waals surface area contributed by atoms with Crippen LogP contribution in [0.5, 0.6) is 0 Å². The van der Waals surface area contributed by atoms with Gasteiger partial charge in [0, 0.05) is 12.1 Å². The maximum atomic E-state index is 11.2. The average molecular weight is 281 g/mol. The molecule has 0 radical (unpaired) electrons. The van der Waals surface area contributed by atoms with Crippen LogP contribution in [0.1, 0.15) is 12.5 Å². The van der Waals surface area contributed by atoms with Crippen LogP contribution in [0.4, 0.5) is 17.1 Å². The summed E-state index contributed by atoms with van der Waals surface area (Å²) in [5, 5.41) is 23.4. The summed E-state index contributed by atoms with van der Waals surface area (Å²) in [7, 11) is 1.28. The molecular weight excluding hydrogens is 266 g/mol. The molecule has 0 atom stereocenters. The molecule has 0 aliphatic heterocycles. The van der Waals surface area contributed by atoms with Crippen molar-refractivity contribution in [3.05, 3.63) is 50.6 Å². The highest BCUT2D eigenvalue weighted by Crippen LogP contribution is 2.38. The summed E-state index contributed by atoms with van der Waals surface area (Å²) in [5.41, 5.74) is -0.388. The van der Waals surface area contributed by atoms with Gasteiger partial charge in [0.1, 0.15) is 0 Å². The summed E-state index contributed by atoms with van der Waals surface area (Å²) in [6.45, 7) is 5.35. The maximum Gasteiger partial charge on any atom is 0.302 e. The van der Waals surface area contributed by atoms with Crippen LogP contribution in [-0.2, 0) is 11.3 Å². The lowest BCUT2D eigenvalue weighted by Crippen LogP contribution is -2.23. The second-order valence-corrected chi connectivity index (χ2v) is 3.88. The molecule has 0 amide bonds. The van der Waals surface area contributed by atoms with Gasteiger partial charge in [-0.3, -0.25) is 25.1 Å². The van der Waals surface area contributed by atoms with Crippen LogP contribution >= 0.6 is 0 Å². The number of hydrogen-bond donors (Lipinski definition) is 0. The van der Waals surface area contributed by atoms with E-state index in [0.29, 0.717) is 12.0 Å². The van der Waals surface area contributed by atoms with Crippen molar-refractivity contribution >= 4 is 17.1 Å². The Balaban J connectivity index is 3.62. The Labute approximate surface area is 115 Å². The lowest BCUT2D eigenvalue weighted by Gasteiger charge is -2.19. The average Bonchev–Trinajstić information content (AvgIpc) is 2.43. The molecule has 8 nitrogen and oxygen atoms in total. The van der Waals surface area contributed by atoms with E-state index in [2.05, 4.69) is 6.58 Å². The number of aryl methyl sites for hydroxylation is 1. The zero-order valence-corrected chi connectivity index (χ0v) is 11.2. The van der Waals surface area contributed by atoms with Gasteiger partial charge in [0.05, 0.1) is 23.5 Å². The number of rotatable bonds is 7. The van der Waals surface area contributed by atoms with Crippen molar-refractivity contribution in [3.8, 4) is 0 Å². The summed E-state index contributed by atoms with van der Waals surface area (Å²) >= 11 is 0. The van der Waals surface area contributed by atoms with E-state index in [-0.39, 0.29) is 23.6 Å². The highest BCUT2D eigenvalue weighted by molar-refractivity contribution is 5.75. The first kappa shape index (κ1) is 15.6. The van der Waals surface area contributed by atoms with Crippen molar-refractivity contribution in [2.75, 3.05) is 18.7 Å². The first-order chi connectivity index (χ1) is 9.46. The smallest absolute Gasteiger partial charge is 0.276 e. The predicted octanol–water partition coefficient (Wildman–Crippen LogP) is 2.62. The van der Waals surface area contributed by atoms with Crippen molar-refractivity contribution in [3.63, 3.8) is 0 Å². The van der Waals surface area contributed by atoms with E-state index in [1.165, 1.54) is 25.3 Å². The third kappa shape index (κ3) is 3.09. The molecule has 0 N–H and O–H groups in total. The van der Waals surface area contributed by atoms with E-state index < -0.39 is 9.85 Å². The molecule has 1 aromatic rings. The molecule has 0 bridgehead atoms. The number of nitrogens with zero attached hydrogens (tertiary/aromatic N) is 3. The fourth-order valence-electron chi connectivity index (χ4n) is 1.77. The first-order valence-electron chi connectivity index (χ1n) is 5.84. The van der Waals surface area contributed by atoms with E-state index in [1.54, 1.807) is 6.92 Å². The van der Waals surface area contributed by atoms with Gasteiger partial charge in [0.25, 0.3) is 0 Å². The topological polar surface area (TPSA) is 98.8 Å². The SMILES string of the molecule is C=CCN(OC)c1c([N+](=O)[O-])cc(CC)cc1[N+](=O)[O-]. The number of nitro groups is 2. The van der Waals surface area contributed by atoms with Gasteiger partial charge in [-0.1, -0.05) is 13.0 Å². The molecule has 20 heavy (non-hydrogen) atoms. The molecule has 1 aromatic carbocycles. The van der Waals surface area contributed by atoms with Crippen LogP contribution in [-0.4, -0.2) is 23.5 Å². The predicted molar refractivity (Wildman–Crippen MR) is 73.7 cm³/mol. The van der Waals surface area contributed by atoms with Crippen molar-refractivity contribution in [2.45, 2.75) is 13.3 Å². The van der Waals surface area contributed by atoms with Gasteiger partial charge in [-0.2, -0.15) is 0 Å². The first-order valence-corrected chi connectivity index (χ1v) is 5.84. The van der Waals surface area contributed by atoms with Crippen LogP contribution in [0.3, 0.4) is 0 Å². The largest absolute Gasteiger partial charge is 0.302 e. The number of hydroxylamine groups is 1. The van der Waals surface area contributed by atoms with Crippen molar-refractivity contribution in [1.82, 2.24) is 0 Å². The van der Waals surface area contributed by atoms with Gasteiger partial charge in [-0.15, -0.1) is 6.58 Å². The Morgan fingerprint density at radius 2 is 1.80 bits per heavy atom. The van der Waals surface area contributed by atoms with Gasteiger partial charge in [-0.05, 0) is 12.0 Å². The molecule has 0 unspecified atom stereocenters. The van der Waals surface area contributed by atoms with Gasteiger partial charge in [0.2, 0.25) is 5.69 Å². The highest BCUT2D eigenvalue weighted by Gasteiger charge is 2.30. The highest BCUT2D eigenvalue weighted by atomic mass is 16.7. The Morgan fingerprint density at radius 3 is 2.10 bits per heavy atom. The minimum atomic E-state index is -0.656. The van der Waals surface area contributed by atoms with Crippen LogP contribution in [0.25, 0.3) is 0 Å². The molecule has 8 heteroatoms. The summed E-state index contributed by atoms with van der Waals surface area (Å²) in [6, 6.07) is 2.63. The third-order valence-corrected chi connectivity index (χ3v) is 2.70. The zero-order chi connectivity index (χ0) is 15.3. The summed E-state index contributed by atoms with van der Waals surface area (Å²) in [4.78, 5) is 26.0. The van der Waals surface area contributed by atoms with Crippen molar-refractivity contribution in [2.24, 2.45) is 0 Å². The molecule has 1 rings (SSSR count). The summed E-state index contributed by atoms with van der Waals surface area (Å²) < 4.78 is 0. The summed E-state index contributed by atoms with van der Waals surface area (Å²) in [6.07, 6.45) is 1.89. The van der Waals surface area contributed by atoms with Crippen molar-refractivity contribution < 1.29 is 14.7 Å². The van der Waals surface area contributed by atoms with Crippen LogP contribution in [0.2, 0.25) is 0 Å². The zero-order valence-electron chi connectivity index (χ0n) is 11.2. The number of nitro benzene ring substituents is 2. The Hall–Kier alpha value is -2.48. The van der Waals surface area contributed by atoms with Gasteiger partial charge in [0.15, 0.2) is 0 Å². The molecule has 0 fully saturated rings. The van der Waals surface area contributed by atoms with Crippen LogP contribution in [0.15, 0.2) is 24.8 Å². The van der Waals surface area contributed by atoms with Crippen molar-refractivity contribution in [1.29, 1.82) is 0 Å². The van der Waals surface area contributed by atoms with E-state index in [9.17, 15) is 20.2 Å². The second kappa shape index (κ2) is 6.62. The Bertz CT molecular complexity index is 509. The van der Waals surface area contributed by atoms with E-state index in [0.717, 1.165) is 5.06 Å². The maximum absolute atomic E-state index is 11.2. The van der Waals surface area contributed by atoms with Gasteiger partial charge in [-0.25, -0.2) is 5.06 Å². The van der Waals surface area contributed by atoms with E-state index >= 15 is 0 Å². The fourth-order valence-corrected chi connectivity index (χ4v) is 1.77. The molecule has 0 spiro atoms. The quantitative estimate of drug-likeness (QED) is 0.432. The minimum Gasteiger partial charge on any atom is -0.276 e. The lowest BCUT2D eigenvalue weighted by atomic mass is 10.1. The normalized spacial score (nSPS) is 10.1. The molecule has 0 aliphatic carbocycles. The van der Waals surface area contributed by atoms with E-state index in [4.69, 9.17) is 4.84 Å². The molecule has 0 saturated heterocycles. The number of benzene rings is 1. The minimum absolute atomic E-state index is 0.0870. The Morgan fingerprint density at radius 1 is 1.30 bits per heavy atom. The van der Waals surface area contributed by atoms with E-state index in [1.807, 2.05) is 0 Å². The molecular formula is C12H15N3O5. The third-order valence-electron chi connectivity index (χ3n) is 2.70. The van der Waals surface area contributed by atoms with Crippen LogP contribution < -0.4 is 5.06 Å².